The van der Waals surface area contributed by atoms with E-state index in [1.54, 1.807) is 78.9 Å². The Morgan fingerprint density at radius 1 is 0.310 bits per heavy atom. The molecule has 0 saturated carbocycles. The number of rotatable bonds is 35. The van der Waals surface area contributed by atoms with Crippen LogP contribution in [0.3, 0.4) is 0 Å². The number of hydrogen-bond acceptors (Lipinski definition) is 12. The first-order valence-electron chi connectivity index (χ1n) is 38.4. The third-order valence-corrected chi connectivity index (χ3v) is 20.2. The van der Waals surface area contributed by atoms with Crippen LogP contribution in [0.5, 0.6) is 69.0 Å². The summed E-state index contributed by atoms with van der Waals surface area (Å²) < 4.78 is 0. The van der Waals surface area contributed by atoms with Gasteiger partial charge in [-0.05, 0) is 185 Å². The smallest absolute Gasteiger partial charge is 0.122 e. The molecule has 100 heavy (non-hydrogen) atoms. The molecule has 0 amide bonds. The molecule has 0 aliphatic carbocycles. The fraction of sp³-hybridized carbons (Fsp3) is 0.591. The molecular weight excluding hydrogens is 1250 g/mol. The van der Waals surface area contributed by atoms with Crippen LogP contribution in [0, 0.1) is 29.6 Å². The summed E-state index contributed by atoms with van der Waals surface area (Å²) in [5, 5.41) is 114. The Balaban J connectivity index is 0.000000601. The highest BCUT2D eigenvalue weighted by atomic mass is 16.3. The van der Waals surface area contributed by atoms with Crippen LogP contribution in [0.2, 0.25) is 0 Å². The maximum atomic E-state index is 9.66. The molecule has 12 nitrogen and oxygen atoms in total. The summed E-state index contributed by atoms with van der Waals surface area (Å²) in [7, 11) is 0. The van der Waals surface area contributed by atoms with Crippen LogP contribution >= 0.6 is 0 Å². The molecule has 0 spiro atoms. The lowest BCUT2D eigenvalue weighted by atomic mass is 9.80. The maximum Gasteiger partial charge on any atom is 0.122 e. The second kappa shape index (κ2) is 50.3. The van der Waals surface area contributed by atoms with Gasteiger partial charge in [0, 0.05) is 35.9 Å². The minimum absolute atomic E-state index is 0.00393. The number of hydrogen-bond donors (Lipinski definition) is 12. The molecule has 0 heterocycles. The number of benzene rings is 6. The molecule has 0 bridgehead atoms. The summed E-state index contributed by atoms with van der Waals surface area (Å²) >= 11 is 0. The molecule has 12 N–H and O–H groups in total. The van der Waals surface area contributed by atoms with Crippen LogP contribution in [0.25, 0.3) is 0 Å². The van der Waals surface area contributed by atoms with Crippen LogP contribution in [-0.2, 0) is 11.8 Å². The lowest BCUT2D eigenvalue weighted by Gasteiger charge is -2.25. The highest BCUT2D eigenvalue weighted by molar-refractivity contribution is 5.44. The Morgan fingerprint density at radius 2 is 0.600 bits per heavy atom. The first-order valence-corrected chi connectivity index (χ1v) is 38.4. The molecule has 0 fully saturated rings. The molecule has 8 unspecified atom stereocenters. The highest BCUT2D eigenvalue weighted by Gasteiger charge is 2.23. The zero-order chi connectivity index (χ0) is 75.5. The van der Waals surface area contributed by atoms with Gasteiger partial charge in [-0.2, -0.15) is 0 Å². The Labute approximate surface area is 606 Å². The molecular formula is C88H140O12. The average Bonchev–Trinajstić information content (AvgIpc) is 0.870. The van der Waals surface area contributed by atoms with Crippen molar-refractivity contribution in [1.29, 1.82) is 0 Å². The van der Waals surface area contributed by atoms with Crippen LogP contribution < -0.4 is 0 Å². The molecule has 0 radical (unpaired) electrons. The fourth-order valence-corrected chi connectivity index (χ4v) is 12.9. The Morgan fingerprint density at radius 3 is 0.950 bits per heavy atom. The summed E-state index contributed by atoms with van der Waals surface area (Å²) in [6.07, 6.45) is 30.1. The lowest BCUT2D eigenvalue weighted by Crippen LogP contribution is -2.16. The zero-order valence-corrected chi connectivity index (χ0v) is 65.1. The van der Waals surface area contributed by atoms with E-state index < -0.39 is 0 Å². The monoisotopic (exact) mass is 1390 g/mol. The van der Waals surface area contributed by atoms with Crippen molar-refractivity contribution in [2.45, 2.75) is 307 Å². The van der Waals surface area contributed by atoms with E-state index in [4.69, 9.17) is 0 Å². The molecule has 0 saturated heterocycles. The van der Waals surface area contributed by atoms with E-state index >= 15 is 0 Å². The van der Waals surface area contributed by atoms with Crippen molar-refractivity contribution in [2.24, 2.45) is 29.6 Å². The minimum atomic E-state index is 0.00393. The third-order valence-electron chi connectivity index (χ3n) is 20.2. The first kappa shape index (κ1) is 90.9. The predicted molar refractivity (Wildman–Crippen MR) is 420 cm³/mol. The lowest BCUT2D eigenvalue weighted by molar-refractivity contribution is 0.418. The van der Waals surface area contributed by atoms with Crippen LogP contribution in [0.4, 0.5) is 0 Å². The second-order valence-electron chi connectivity index (χ2n) is 29.9. The predicted octanol–water partition coefficient (Wildman–Crippen LogP) is 25.5. The van der Waals surface area contributed by atoms with E-state index in [9.17, 15) is 61.3 Å². The van der Waals surface area contributed by atoms with Crippen LogP contribution in [0.1, 0.15) is 329 Å². The van der Waals surface area contributed by atoms with E-state index in [1.807, 2.05) is 0 Å². The van der Waals surface area contributed by atoms with Gasteiger partial charge in [0.2, 0.25) is 0 Å². The van der Waals surface area contributed by atoms with E-state index in [0.717, 1.165) is 59.4 Å². The molecule has 0 aliphatic rings. The largest absolute Gasteiger partial charge is 0.508 e. The summed E-state index contributed by atoms with van der Waals surface area (Å²) in [6.45, 7) is 37.3. The van der Waals surface area contributed by atoms with Crippen molar-refractivity contribution < 1.29 is 61.3 Å². The maximum absolute atomic E-state index is 9.66. The number of phenols is 12. The quantitative estimate of drug-likeness (QED) is 0.0166. The summed E-state index contributed by atoms with van der Waals surface area (Å²) in [4.78, 5) is 0. The van der Waals surface area contributed by atoms with E-state index in [0.29, 0.717) is 52.9 Å². The average molecular weight is 1390 g/mol. The topological polar surface area (TPSA) is 243 Å². The van der Waals surface area contributed by atoms with Gasteiger partial charge in [0.1, 0.15) is 69.0 Å². The van der Waals surface area contributed by atoms with Crippen molar-refractivity contribution >= 4 is 0 Å². The second-order valence-corrected chi connectivity index (χ2v) is 29.9. The van der Waals surface area contributed by atoms with Crippen molar-refractivity contribution in [3.8, 4) is 69.0 Å². The highest BCUT2D eigenvalue weighted by Crippen LogP contribution is 2.38. The van der Waals surface area contributed by atoms with E-state index in [2.05, 4.69) is 118 Å². The molecule has 6 rings (SSSR count). The Bertz CT molecular complexity index is 2990. The fourth-order valence-electron chi connectivity index (χ4n) is 12.9. The Kier molecular flexibility index (Phi) is 45.7. The molecule has 12 heteroatoms. The van der Waals surface area contributed by atoms with Gasteiger partial charge < -0.3 is 61.3 Å². The standard InChI is InChI=1S/2C16H26O2.2C15H24O2.C14H22O2.C12H18O2/c1-4-5-6-7-8-12(2)13(3)14-9-15(17)11-16(18)10-14;1-3-4-8-13(2)9-5-6-10-14-15(17)11-7-12-16(14)18;1-4-5-6-7-11(2)12(3)13-8-14(16)10-15(17)9-13;1-4-5-6-7-8-15(2,3)12-9-13(16)11-14(17)10-12;1-4-5-6-10(2)11(3)12-7-13(15)9-14(16)8-12;1-4-12(8(2)3)9-5-10(13)7-11(14)6-9/h9-13,17-18H,4-8H2,1-3H3;7,11-13,17-18H,3-6,8-10H2,1-2H3;8-12,16-17H,4-7H2,1-3H3;9-11,16-17H,4-8H2,1-3H3;7-11,15-16H,4-6H2,1-3H3;5-8,12-14H,4H2,1-3H3. The Hall–Kier alpha value is -7.08. The minimum Gasteiger partial charge on any atom is -0.508 e. The van der Waals surface area contributed by atoms with Crippen molar-refractivity contribution in [2.75, 3.05) is 0 Å². The number of aromatic hydroxyl groups is 12. The van der Waals surface area contributed by atoms with Gasteiger partial charge in [-0.25, -0.2) is 0 Å². The van der Waals surface area contributed by atoms with Gasteiger partial charge in [-0.1, -0.05) is 259 Å². The number of unbranched alkanes of at least 4 members (excludes halogenated alkanes) is 11. The molecule has 8 atom stereocenters. The van der Waals surface area contributed by atoms with Crippen LogP contribution in [-0.4, -0.2) is 61.3 Å². The van der Waals surface area contributed by atoms with E-state index in [1.165, 1.54) is 165 Å². The SMILES string of the molecule is CCC(c1cc(O)cc(O)c1)C(C)C.CCCCC(C)C(C)c1cc(O)cc(O)c1.CCCCC(C)CCCCc1c(O)cccc1O.CCCCCC(C)C(C)c1cc(O)cc(O)c1.CCCCCCC(C)(C)c1cc(O)cc(O)c1.CCCCCCC(C)C(C)c1cc(O)cc(O)c1. The summed E-state index contributed by atoms with van der Waals surface area (Å²) in [5.41, 5.74) is 5.78. The van der Waals surface area contributed by atoms with Gasteiger partial charge in [0.15, 0.2) is 0 Å². The summed E-state index contributed by atoms with van der Waals surface area (Å²) in [5.74, 6) is 6.38. The van der Waals surface area contributed by atoms with Gasteiger partial charge in [-0.3, -0.25) is 0 Å². The molecule has 564 valence electrons. The van der Waals surface area contributed by atoms with Gasteiger partial charge >= 0.3 is 0 Å². The van der Waals surface area contributed by atoms with Crippen molar-refractivity contribution in [3.63, 3.8) is 0 Å². The van der Waals surface area contributed by atoms with Crippen LogP contribution in [0.15, 0.2) is 109 Å². The third kappa shape index (κ3) is 37.6. The molecule has 0 aliphatic heterocycles. The molecule has 6 aromatic rings. The summed E-state index contributed by atoms with van der Waals surface area (Å²) in [6, 6.07) is 29.3. The molecule has 0 aromatic heterocycles. The molecule has 6 aromatic carbocycles. The van der Waals surface area contributed by atoms with Crippen molar-refractivity contribution in [3.05, 3.63) is 143 Å². The zero-order valence-electron chi connectivity index (χ0n) is 65.1. The van der Waals surface area contributed by atoms with Gasteiger partial charge in [0.05, 0.1) is 0 Å². The number of phenolic OH excluding ortho intramolecular Hbond substituents is 12. The van der Waals surface area contributed by atoms with Gasteiger partial charge in [0.25, 0.3) is 0 Å². The van der Waals surface area contributed by atoms with Crippen molar-refractivity contribution in [1.82, 2.24) is 0 Å². The normalized spacial score (nSPS) is 13.5. The van der Waals surface area contributed by atoms with Gasteiger partial charge in [-0.15, -0.1) is 0 Å². The first-order chi connectivity index (χ1) is 47.3. The van der Waals surface area contributed by atoms with E-state index in [-0.39, 0.29) is 74.4 Å².